The molecule has 3 atom stereocenters. The maximum absolute atomic E-state index is 13.6. The molecule has 11 heteroatoms. The van der Waals surface area contributed by atoms with Gasteiger partial charge in [-0.15, -0.1) is 0 Å². The fourth-order valence-electron chi connectivity index (χ4n) is 11.0. The molecule has 0 aliphatic rings. The van der Waals surface area contributed by atoms with Crippen molar-refractivity contribution in [1.82, 2.24) is 5.32 Å². The number of hydrogen-bond acceptors (Lipinski definition) is 9. The van der Waals surface area contributed by atoms with Gasteiger partial charge in [0, 0.05) is 37.2 Å². The number of amides is 1. The van der Waals surface area contributed by atoms with Crippen molar-refractivity contribution in [3.8, 4) is 0 Å². The van der Waals surface area contributed by atoms with Crippen LogP contribution >= 0.6 is 11.8 Å². The van der Waals surface area contributed by atoms with Gasteiger partial charge in [-0.1, -0.05) is 336 Å². The summed E-state index contributed by atoms with van der Waals surface area (Å²) in [5.74, 6) is -2.49. The van der Waals surface area contributed by atoms with E-state index in [4.69, 9.17) is 14.2 Å². The molecule has 0 heterocycles. The molecule has 0 aromatic heterocycles. The van der Waals surface area contributed by atoms with Crippen LogP contribution in [0.1, 0.15) is 387 Å². The third-order valence-corrected chi connectivity index (χ3v) is 17.7. The van der Waals surface area contributed by atoms with E-state index in [0.717, 1.165) is 83.5 Å². The third kappa shape index (κ3) is 58.1. The number of hydrogen-bond donors (Lipinski definition) is 2. The van der Waals surface area contributed by atoms with E-state index < -0.39 is 36.2 Å². The SMILES string of the molecule is CCCCCCCCCCCCCCCC(=O)N[C@@H](CSC[C@H](OC(=O)CCCCCCCCCCCCCCC)[C@@H](COC(=O)CCCCCCCCCCCCCCC)OC(=O)CCCCCCCCCCCCCCC)C(=O)O. The Bertz CT molecular complexity index is 1410. The molecular weight excluding hydrogens is 1040 g/mol. The first-order chi connectivity index (χ1) is 40.2. The van der Waals surface area contributed by atoms with Crippen LogP contribution in [0.15, 0.2) is 0 Å². The highest BCUT2D eigenvalue weighted by Crippen LogP contribution is 2.21. The molecule has 0 rings (SSSR count). The number of carboxylic acids is 1. The minimum Gasteiger partial charge on any atom is -0.480 e. The number of unbranched alkanes of at least 4 members (excludes halogenated alkanes) is 48. The minimum atomic E-state index is -1.14. The summed E-state index contributed by atoms with van der Waals surface area (Å²) in [7, 11) is 0. The molecule has 0 spiro atoms. The van der Waals surface area contributed by atoms with Gasteiger partial charge in [0.1, 0.15) is 12.6 Å². The van der Waals surface area contributed by atoms with Crippen LogP contribution in [0.25, 0.3) is 0 Å². The number of rotatable bonds is 67. The Balaban J connectivity index is 5.62. The van der Waals surface area contributed by atoms with Gasteiger partial charge in [-0.3, -0.25) is 19.2 Å². The molecule has 0 aliphatic carbocycles. The van der Waals surface area contributed by atoms with E-state index in [1.807, 2.05) is 0 Å². The largest absolute Gasteiger partial charge is 0.480 e. The van der Waals surface area contributed by atoms with E-state index in [2.05, 4.69) is 33.0 Å². The summed E-state index contributed by atoms with van der Waals surface area (Å²) in [5, 5.41) is 12.9. The number of nitrogens with one attached hydrogen (secondary N) is 1. The van der Waals surface area contributed by atoms with Crippen molar-refractivity contribution >= 4 is 41.5 Å². The van der Waals surface area contributed by atoms with Gasteiger partial charge in [-0.25, -0.2) is 4.79 Å². The fourth-order valence-corrected chi connectivity index (χ4v) is 12.2. The molecule has 0 saturated heterocycles. The number of carbonyl (C=O) groups is 5. The standard InChI is InChI=1S/C71H135NO9S/c1-5-9-13-17-21-25-29-33-37-41-45-49-53-57-67(73)72-64(71(77)78)62-82-63-66(81-70(76)60-56-52-48-44-40-36-32-28-24-20-16-12-8-4)65(80-69(75)59-55-51-47-43-39-35-31-27-23-19-15-11-7-3)61-79-68(74)58-54-50-46-42-38-34-30-26-22-18-14-10-6-2/h64-66H,5-63H2,1-4H3,(H,72,73)(H,77,78)/t64-,65+,66-/m0/s1. The Labute approximate surface area is 511 Å². The predicted molar refractivity (Wildman–Crippen MR) is 349 cm³/mol. The van der Waals surface area contributed by atoms with Gasteiger partial charge >= 0.3 is 23.9 Å². The lowest BCUT2D eigenvalue weighted by Gasteiger charge is -2.27. The molecule has 0 fully saturated rings. The molecule has 484 valence electrons. The number of carboxylic acid groups (broad SMARTS) is 1. The summed E-state index contributed by atoms with van der Waals surface area (Å²) in [6.07, 6.45) is 61.3. The lowest BCUT2D eigenvalue weighted by Crippen LogP contribution is -2.44. The molecule has 10 nitrogen and oxygen atoms in total. The highest BCUT2D eigenvalue weighted by atomic mass is 32.2. The summed E-state index contributed by atoms with van der Waals surface area (Å²) in [5.41, 5.74) is 0. The molecule has 1 amide bonds. The van der Waals surface area contributed by atoms with Gasteiger partial charge in [0.25, 0.3) is 0 Å². The lowest BCUT2D eigenvalue weighted by molar-refractivity contribution is -0.174. The molecule has 2 N–H and O–H groups in total. The van der Waals surface area contributed by atoms with E-state index in [1.54, 1.807) is 0 Å². The predicted octanol–water partition coefficient (Wildman–Crippen LogP) is 21.6. The maximum Gasteiger partial charge on any atom is 0.327 e. The van der Waals surface area contributed by atoms with Crippen molar-refractivity contribution in [2.75, 3.05) is 18.1 Å². The van der Waals surface area contributed by atoms with E-state index in [0.29, 0.717) is 19.3 Å². The number of aliphatic carboxylic acids is 1. The number of carbonyl (C=O) groups excluding carboxylic acids is 4. The zero-order chi connectivity index (χ0) is 59.9. The number of esters is 3. The monoisotopic (exact) mass is 1180 g/mol. The summed E-state index contributed by atoms with van der Waals surface area (Å²) >= 11 is 1.23. The van der Waals surface area contributed by atoms with Crippen LogP contribution in [0.2, 0.25) is 0 Å². The minimum absolute atomic E-state index is 0.0328. The Kier molecular flexibility index (Phi) is 62.9. The first kappa shape index (κ1) is 79.7. The molecule has 82 heavy (non-hydrogen) atoms. The Morgan fingerprint density at radius 3 is 0.841 bits per heavy atom. The second-order valence-corrected chi connectivity index (χ2v) is 25.8. The van der Waals surface area contributed by atoms with E-state index in [1.165, 1.54) is 243 Å². The molecule has 0 aromatic rings. The van der Waals surface area contributed by atoms with Crippen LogP contribution in [-0.2, 0) is 38.2 Å². The average molecular weight is 1180 g/mol. The summed E-state index contributed by atoms with van der Waals surface area (Å²) in [4.78, 5) is 66.0. The second-order valence-electron chi connectivity index (χ2n) is 24.7. The Morgan fingerprint density at radius 2 is 0.561 bits per heavy atom. The zero-order valence-corrected chi connectivity index (χ0v) is 55.4. The van der Waals surface area contributed by atoms with E-state index in [9.17, 15) is 29.1 Å². The van der Waals surface area contributed by atoms with Gasteiger partial charge in [0.15, 0.2) is 12.2 Å². The van der Waals surface area contributed by atoms with Crippen molar-refractivity contribution in [1.29, 1.82) is 0 Å². The number of thioether (sulfide) groups is 1. The quantitative estimate of drug-likeness (QED) is 0.0343. The van der Waals surface area contributed by atoms with E-state index >= 15 is 0 Å². The van der Waals surface area contributed by atoms with E-state index in [-0.39, 0.29) is 55.7 Å². The normalized spacial score (nSPS) is 12.5. The average Bonchev–Trinajstić information content (AvgIpc) is 3.46. The van der Waals surface area contributed by atoms with Crippen LogP contribution in [0.4, 0.5) is 0 Å². The van der Waals surface area contributed by atoms with Crippen LogP contribution in [-0.4, -0.2) is 71.3 Å². The Morgan fingerprint density at radius 1 is 0.317 bits per heavy atom. The molecular formula is C71H135NO9S. The highest BCUT2D eigenvalue weighted by molar-refractivity contribution is 7.99. The third-order valence-electron chi connectivity index (χ3n) is 16.5. The van der Waals surface area contributed by atoms with Gasteiger partial charge in [0.05, 0.1) is 0 Å². The van der Waals surface area contributed by atoms with Crippen molar-refractivity contribution in [2.24, 2.45) is 0 Å². The summed E-state index contributed by atoms with van der Waals surface area (Å²) < 4.78 is 18.1. The molecule has 0 bridgehead atoms. The molecule has 0 saturated carbocycles. The topological polar surface area (TPSA) is 145 Å². The van der Waals surface area contributed by atoms with Crippen molar-refractivity contribution in [2.45, 2.75) is 406 Å². The maximum atomic E-state index is 13.6. The summed E-state index contributed by atoms with van der Waals surface area (Å²) in [6.45, 7) is 8.77. The smallest absolute Gasteiger partial charge is 0.327 e. The summed E-state index contributed by atoms with van der Waals surface area (Å²) in [6, 6.07) is -1.14. The van der Waals surface area contributed by atoms with Crippen LogP contribution in [0.3, 0.4) is 0 Å². The first-order valence-electron chi connectivity index (χ1n) is 35.8. The van der Waals surface area contributed by atoms with Crippen LogP contribution < -0.4 is 5.32 Å². The number of ether oxygens (including phenoxy) is 3. The highest BCUT2D eigenvalue weighted by Gasteiger charge is 2.31. The van der Waals surface area contributed by atoms with Crippen LogP contribution in [0, 0.1) is 0 Å². The van der Waals surface area contributed by atoms with Crippen LogP contribution in [0.5, 0.6) is 0 Å². The fraction of sp³-hybridized carbons (Fsp3) is 0.930. The van der Waals surface area contributed by atoms with Gasteiger partial charge in [-0.2, -0.15) is 11.8 Å². The van der Waals surface area contributed by atoms with Gasteiger partial charge in [-0.05, 0) is 25.7 Å². The molecule has 0 unspecified atom stereocenters. The van der Waals surface area contributed by atoms with Gasteiger partial charge in [0.2, 0.25) is 5.91 Å². The second kappa shape index (κ2) is 64.7. The van der Waals surface area contributed by atoms with Gasteiger partial charge < -0.3 is 24.6 Å². The molecule has 0 radical (unpaired) electrons. The zero-order valence-electron chi connectivity index (χ0n) is 54.6. The first-order valence-corrected chi connectivity index (χ1v) is 37.0. The van der Waals surface area contributed by atoms with Crippen molar-refractivity contribution in [3.05, 3.63) is 0 Å². The van der Waals surface area contributed by atoms with Crippen molar-refractivity contribution in [3.63, 3.8) is 0 Å². The molecule has 0 aromatic carbocycles. The molecule has 0 aliphatic heterocycles. The lowest BCUT2D eigenvalue weighted by atomic mass is 10.0. The van der Waals surface area contributed by atoms with Crippen molar-refractivity contribution < 1.29 is 43.3 Å². The Hall–Kier alpha value is -2.30.